The Kier molecular flexibility index (Phi) is 4.13. The predicted molar refractivity (Wildman–Crippen MR) is 91.8 cm³/mol. The number of anilines is 4. The smallest absolute Gasteiger partial charge is 0.161 e. The van der Waals surface area contributed by atoms with Gasteiger partial charge in [0.05, 0.1) is 0 Å². The molecule has 0 amide bonds. The van der Waals surface area contributed by atoms with Gasteiger partial charge in [-0.3, -0.25) is 0 Å². The highest BCUT2D eigenvalue weighted by molar-refractivity contribution is 5.80. The molecule has 2 heterocycles. The molecule has 2 N–H and O–H groups in total. The lowest BCUT2D eigenvalue weighted by molar-refractivity contribution is 0.757. The van der Waals surface area contributed by atoms with Crippen molar-refractivity contribution in [2.24, 2.45) is 0 Å². The molecule has 116 valence electrons. The molecule has 0 unspecified atom stereocenters. The number of rotatable bonds is 4. The first-order valence-corrected chi connectivity index (χ1v) is 7.97. The maximum atomic E-state index is 6.42. The lowest BCUT2D eigenvalue weighted by Crippen LogP contribution is -2.29. The van der Waals surface area contributed by atoms with Gasteiger partial charge in [-0.15, -0.1) is 0 Å². The van der Waals surface area contributed by atoms with Crippen LogP contribution in [0.5, 0.6) is 0 Å². The lowest BCUT2D eigenvalue weighted by atomic mass is 10.0. The highest BCUT2D eigenvalue weighted by atomic mass is 15.3. The minimum absolute atomic E-state index is 0.669. The first kappa shape index (κ1) is 14.6. The fraction of sp³-hybridized carbons (Fsp3) is 0.412. The SMILES string of the molecule is CCN(CC)c1ncnc(N2CCCc3ccccc32)c1N. The number of aromatic nitrogens is 2. The van der Waals surface area contributed by atoms with Crippen molar-refractivity contribution in [3.05, 3.63) is 36.2 Å². The molecule has 0 saturated carbocycles. The van der Waals surface area contributed by atoms with Crippen LogP contribution in [0.2, 0.25) is 0 Å². The van der Waals surface area contributed by atoms with Gasteiger partial charge in [-0.2, -0.15) is 0 Å². The summed E-state index contributed by atoms with van der Waals surface area (Å²) in [4.78, 5) is 13.3. The zero-order valence-electron chi connectivity index (χ0n) is 13.3. The Labute approximate surface area is 131 Å². The van der Waals surface area contributed by atoms with Crippen molar-refractivity contribution in [3.8, 4) is 0 Å². The predicted octanol–water partition coefficient (Wildman–Crippen LogP) is 2.99. The molecule has 0 spiro atoms. The number of fused-ring (bicyclic) bond motifs is 1. The van der Waals surface area contributed by atoms with Gasteiger partial charge in [0, 0.05) is 25.3 Å². The van der Waals surface area contributed by atoms with Crippen molar-refractivity contribution in [2.45, 2.75) is 26.7 Å². The highest BCUT2D eigenvalue weighted by Crippen LogP contribution is 2.37. The first-order valence-electron chi connectivity index (χ1n) is 7.97. The van der Waals surface area contributed by atoms with Crippen LogP contribution in [0.25, 0.3) is 0 Å². The van der Waals surface area contributed by atoms with Crippen molar-refractivity contribution in [1.29, 1.82) is 0 Å². The fourth-order valence-corrected chi connectivity index (χ4v) is 3.12. The number of hydrogen-bond donors (Lipinski definition) is 1. The summed E-state index contributed by atoms with van der Waals surface area (Å²) < 4.78 is 0. The number of hydrogen-bond acceptors (Lipinski definition) is 5. The number of nitrogens with two attached hydrogens (primary N) is 1. The van der Waals surface area contributed by atoms with E-state index >= 15 is 0 Å². The van der Waals surface area contributed by atoms with Gasteiger partial charge in [0.25, 0.3) is 0 Å². The Bertz CT molecular complexity index is 651. The van der Waals surface area contributed by atoms with E-state index in [0.29, 0.717) is 5.69 Å². The molecule has 22 heavy (non-hydrogen) atoms. The second-order valence-electron chi connectivity index (χ2n) is 5.49. The first-order chi connectivity index (χ1) is 10.8. The second-order valence-corrected chi connectivity index (χ2v) is 5.49. The van der Waals surface area contributed by atoms with Crippen molar-refractivity contribution in [3.63, 3.8) is 0 Å². The molecule has 0 bridgehead atoms. The number of para-hydroxylation sites is 1. The van der Waals surface area contributed by atoms with Gasteiger partial charge in [-0.1, -0.05) is 18.2 Å². The van der Waals surface area contributed by atoms with E-state index in [4.69, 9.17) is 5.73 Å². The molecular weight excluding hydrogens is 274 g/mol. The maximum absolute atomic E-state index is 6.42. The third-order valence-corrected chi connectivity index (χ3v) is 4.27. The molecule has 0 atom stereocenters. The Morgan fingerprint density at radius 1 is 1.18 bits per heavy atom. The minimum Gasteiger partial charge on any atom is -0.393 e. The lowest BCUT2D eigenvalue weighted by Gasteiger charge is -2.32. The van der Waals surface area contributed by atoms with Crippen LogP contribution >= 0.6 is 0 Å². The zero-order chi connectivity index (χ0) is 15.5. The fourth-order valence-electron chi connectivity index (χ4n) is 3.12. The van der Waals surface area contributed by atoms with E-state index in [1.165, 1.54) is 11.3 Å². The monoisotopic (exact) mass is 297 g/mol. The molecule has 5 heteroatoms. The van der Waals surface area contributed by atoms with E-state index in [-0.39, 0.29) is 0 Å². The van der Waals surface area contributed by atoms with Crippen LogP contribution < -0.4 is 15.5 Å². The van der Waals surface area contributed by atoms with E-state index in [1.807, 2.05) is 0 Å². The summed E-state index contributed by atoms with van der Waals surface area (Å²) in [5, 5.41) is 0. The summed E-state index contributed by atoms with van der Waals surface area (Å²) >= 11 is 0. The van der Waals surface area contributed by atoms with Crippen LogP contribution in [0.3, 0.4) is 0 Å². The summed E-state index contributed by atoms with van der Waals surface area (Å²) in [5.41, 5.74) is 9.65. The van der Waals surface area contributed by atoms with Gasteiger partial charge in [-0.05, 0) is 38.3 Å². The van der Waals surface area contributed by atoms with Crippen molar-refractivity contribution < 1.29 is 0 Å². The number of nitrogen functional groups attached to an aromatic ring is 1. The zero-order valence-corrected chi connectivity index (χ0v) is 13.3. The van der Waals surface area contributed by atoms with Crippen LogP contribution in [0.4, 0.5) is 23.0 Å². The van der Waals surface area contributed by atoms with Gasteiger partial charge in [0.2, 0.25) is 0 Å². The van der Waals surface area contributed by atoms with E-state index in [9.17, 15) is 0 Å². The van der Waals surface area contributed by atoms with E-state index in [0.717, 1.165) is 44.1 Å². The second kappa shape index (κ2) is 6.22. The van der Waals surface area contributed by atoms with E-state index < -0.39 is 0 Å². The van der Waals surface area contributed by atoms with E-state index in [1.54, 1.807) is 6.33 Å². The average Bonchev–Trinajstić information content (AvgIpc) is 2.57. The summed E-state index contributed by atoms with van der Waals surface area (Å²) in [7, 11) is 0. The quantitative estimate of drug-likeness (QED) is 0.940. The number of benzene rings is 1. The highest BCUT2D eigenvalue weighted by Gasteiger charge is 2.23. The summed E-state index contributed by atoms with van der Waals surface area (Å²) in [6.07, 6.45) is 3.85. The van der Waals surface area contributed by atoms with Gasteiger partial charge in [-0.25, -0.2) is 9.97 Å². The molecule has 0 radical (unpaired) electrons. The van der Waals surface area contributed by atoms with Gasteiger partial charge in [0.15, 0.2) is 11.6 Å². The topological polar surface area (TPSA) is 58.3 Å². The Morgan fingerprint density at radius 3 is 2.73 bits per heavy atom. The standard InChI is InChI=1S/C17H23N5/c1-3-21(4-2)16-15(18)17(20-12-19-16)22-11-7-9-13-8-5-6-10-14(13)22/h5-6,8,10,12H,3-4,7,9,11,18H2,1-2H3. The molecule has 1 aromatic carbocycles. The third kappa shape index (κ3) is 2.47. The number of aryl methyl sites for hydroxylation is 1. The molecule has 1 aromatic heterocycles. The molecule has 0 fully saturated rings. The Morgan fingerprint density at radius 2 is 1.95 bits per heavy atom. The summed E-state index contributed by atoms with van der Waals surface area (Å²) in [6, 6.07) is 8.49. The number of nitrogens with zero attached hydrogens (tertiary/aromatic N) is 4. The Balaban J connectivity index is 2.05. The van der Waals surface area contributed by atoms with E-state index in [2.05, 4.69) is 57.9 Å². The summed E-state index contributed by atoms with van der Waals surface area (Å²) in [5.74, 6) is 1.65. The molecule has 0 aliphatic carbocycles. The van der Waals surface area contributed by atoms with Gasteiger partial charge in [0.1, 0.15) is 12.0 Å². The van der Waals surface area contributed by atoms with Crippen LogP contribution in [0, 0.1) is 0 Å². The van der Waals surface area contributed by atoms with Crippen LogP contribution in [0.15, 0.2) is 30.6 Å². The van der Waals surface area contributed by atoms with Crippen molar-refractivity contribution in [1.82, 2.24) is 9.97 Å². The third-order valence-electron chi connectivity index (χ3n) is 4.27. The molecular formula is C17H23N5. The van der Waals surface area contributed by atoms with Gasteiger partial charge >= 0.3 is 0 Å². The molecule has 0 saturated heterocycles. The van der Waals surface area contributed by atoms with Crippen molar-refractivity contribution in [2.75, 3.05) is 35.2 Å². The van der Waals surface area contributed by atoms with Gasteiger partial charge < -0.3 is 15.5 Å². The Hall–Kier alpha value is -2.30. The van der Waals surface area contributed by atoms with Crippen LogP contribution in [-0.4, -0.2) is 29.6 Å². The van der Waals surface area contributed by atoms with Crippen molar-refractivity contribution >= 4 is 23.0 Å². The molecule has 1 aliphatic rings. The molecule has 1 aliphatic heterocycles. The largest absolute Gasteiger partial charge is 0.393 e. The molecule has 5 nitrogen and oxygen atoms in total. The molecule has 2 aromatic rings. The average molecular weight is 297 g/mol. The normalized spacial score (nSPS) is 13.8. The summed E-state index contributed by atoms with van der Waals surface area (Å²) in [6.45, 7) is 6.93. The maximum Gasteiger partial charge on any atom is 0.161 e. The van der Waals surface area contributed by atoms with Crippen LogP contribution in [-0.2, 0) is 6.42 Å². The van der Waals surface area contributed by atoms with Crippen LogP contribution in [0.1, 0.15) is 25.8 Å². The minimum atomic E-state index is 0.669. The molecule has 3 rings (SSSR count).